The topological polar surface area (TPSA) is 81.2 Å². The predicted octanol–water partition coefficient (Wildman–Crippen LogP) is 11.0. The molecular weight excluding hydrogens is 647 g/mol. The molecule has 4 aliphatic carbocycles. The zero-order valence-electron chi connectivity index (χ0n) is 30.5. The van der Waals surface area contributed by atoms with Crippen molar-refractivity contribution in [2.24, 2.45) is 17.3 Å². The van der Waals surface area contributed by atoms with Crippen molar-refractivity contribution in [3.05, 3.63) is 148 Å². The average molecular weight is 688 g/mol. The first-order chi connectivity index (χ1) is 25.8. The van der Waals surface area contributed by atoms with Crippen LogP contribution in [0.5, 0.6) is 0 Å². The van der Waals surface area contributed by atoms with Crippen LogP contribution in [0.4, 0.5) is 0 Å². The van der Waals surface area contributed by atoms with E-state index in [4.69, 9.17) is 0 Å². The maximum atomic E-state index is 11.1. The van der Waals surface area contributed by atoms with Crippen LogP contribution < -0.4 is 0 Å². The van der Waals surface area contributed by atoms with Gasteiger partial charge >= 0.3 is 0 Å². The minimum atomic E-state index is -0.830. The number of aromatic nitrogens is 2. The van der Waals surface area contributed by atoms with E-state index in [1.165, 1.54) is 33.7 Å². The summed E-state index contributed by atoms with van der Waals surface area (Å²) < 4.78 is 4.80. The number of benzene rings is 3. The summed E-state index contributed by atoms with van der Waals surface area (Å²) in [4.78, 5) is 0. The van der Waals surface area contributed by atoms with Crippen LogP contribution in [0.3, 0.4) is 0 Å². The van der Waals surface area contributed by atoms with Crippen molar-refractivity contribution in [3.63, 3.8) is 0 Å². The fourth-order valence-electron chi connectivity index (χ4n) is 10.1. The van der Waals surface area contributed by atoms with Crippen LogP contribution in [-0.2, 0) is 18.4 Å². The maximum Gasteiger partial charge on any atom is 0.0991 e. The van der Waals surface area contributed by atoms with Crippen molar-refractivity contribution in [2.75, 3.05) is 0 Å². The third kappa shape index (κ3) is 4.72. The van der Waals surface area contributed by atoms with E-state index in [0.29, 0.717) is 17.6 Å². The number of nitrogens with zero attached hydrogens (tertiary/aromatic N) is 5. The van der Waals surface area contributed by atoms with Crippen LogP contribution in [-0.4, -0.2) is 9.13 Å². The molecule has 0 saturated carbocycles. The van der Waals surface area contributed by atoms with Gasteiger partial charge in [-0.15, -0.1) is 0 Å². The van der Waals surface area contributed by atoms with E-state index in [2.05, 4.69) is 151 Å². The lowest BCUT2D eigenvalue weighted by molar-refractivity contribution is 0.0827. The molecule has 3 aromatic carbocycles. The molecule has 0 amide bonds. The third-order valence-electron chi connectivity index (χ3n) is 13.0. The highest BCUT2D eigenvalue weighted by Crippen LogP contribution is 2.58. The van der Waals surface area contributed by atoms with E-state index < -0.39 is 11.0 Å². The highest BCUT2D eigenvalue weighted by Gasteiger charge is 2.57. The Morgan fingerprint density at radius 3 is 2.17 bits per heavy atom. The number of rotatable bonds is 4. The number of para-hydroxylation sites is 1. The first-order valence-electron chi connectivity index (χ1n) is 18.9. The smallest absolute Gasteiger partial charge is 0.0991 e. The molecule has 0 fully saturated rings. The third-order valence-corrected chi connectivity index (χ3v) is 13.0. The number of allylic oxidation sites excluding steroid dienone is 8. The largest absolute Gasteiger partial charge is 0.333 e. The van der Waals surface area contributed by atoms with Gasteiger partial charge in [0, 0.05) is 51.7 Å². The van der Waals surface area contributed by atoms with Crippen LogP contribution in [0.15, 0.2) is 114 Å². The van der Waals surface area contributed by atoms with Gasteiger partial charge in [-0.05, 0) is 111 Å². The summed E-state index contributed by atoms with van der Waals surface area (Å²) in [5.74, 6) is 0.0731. The van der Waals surface area contributed by atoms with Crippen LogP contribution in [0, 0.1) is 51.2 Å². The molecular formula is C48H41N5. The van der Waals surface area contributed by atoms with Crippen molar-refractivity contribution >= 4 is 34.0 Å². The van der Waals surface area contributed by atoms with Crippen LogP contribution >= 0.6 is 0 Å². The van der Waals surface area contributed by atoms with Gasteiger partial charge in [0.25, 0.3) is 0 Å². The summed E-state index contributed by atoms with van der Waals surface area (Å²) in [5, 5.41) is 33.3. The van der Waals surface area contributed by atoms with Crippen molar-refractivity contribution in [2.45, 2.75) is 64.3 Å². The molecule has 2 heterocycles. The van der Waals surface area contributed by atoms with Gasteiger partial charge in [-0.2, -0.15) is 15.8 Å². The molecule has 5 heteroatoms. The summed E-state index contributed by atoms with van der Waals surface area (Å²) in [6.45, 7) is 6.68. The van der Waals surface area contributed by atoms with Gasteiger partial charge in [0.15, 0.2) is 0 Å². The Hall–Kier alpha value is -6.09. The highest BCUT2D eigenvalue weighted by atomic mass is 15.1. The van der Waals surface area contributed by atoms with Crippen LogP contribution in [0.1, 0.15) is 79.6 Å². The second-order valence-electron chi connectivity index (χ2n) is 15.6. The molecule has 258 valence electrons. The van der Waals surface area contributed by atoms with Gasteiger partial charge < -0.3 is 9.13 Å². The van der Waals surface area contributed by atoms with Crippen molar-refractivity contribution in [3.8, 4) is 23.9 Å². The monoisotopic (exact) mass is 687 g/mol. The van der Waals surface area contributed by atoms with E-state index in [9.17, 15) is 15.8 Å². The van der Waals surface area contributed by atoms with E-state index in [1.54, 1.807) is 0 Å². The van der Waals surface area contributed by atoms with Gasteiger partial charge in [0.2, 0.25) is 0 Å². The lowest BCUT2D eigenvalue weighted by Crippen LogP contribution is -2.55. The van der Waals surface area contributed by atoms with E-state index in [1.807, 2.05) is 12.1 Å². The van der Waals surface area contributed by atoms with E-state index >= 15 is 0 Å². The summed E-state index contributed by atoms with van der Waals surface area (Å²) in [6, 6.07) is 30.8. The molecule has 5 unspecified atom stereocenters. The Morgan fingerprint density at radius 1 is 0.792 bits per heavy atom. The molecule has 0 saturated heterocycles. The number of hydrogen-bond donors (Lipinski definition) is 0. The van der Waals surface area contributed by atoms with Gasteiger partial charge in [0.1, 0.15) is 0 Å². The Kier molecular flexibility index (Phi) is 7.58. The fourth-order valence-corrected chi connectivity index (χ4v) is 10.1. The normalized spacial score (nSPS) is 25.9. The van der Waals surface area contributed by atoms with E-state index in [-0.39, 0.29) is 17.8 Å². The fraction of sp³-hybridized carbons (Fsp3) is 0.271. The SMILES string of the molecule is CC1C(C2C=C(C#N)CC(C)(C#N)C2(C)n2c3c(c4c2C=CCC4)CCC=C3)=CC=CC1c1ccc(-n2c3ccccc3c3cc(C#N)ccc32)cc1. The average Bonchev–Trinajstić information content (AvgIpc) is 3.72. The maximum absolute atomic E-state index is 11.1. The van der Waals surface area contributed by atoms with Gasteiger partial charge in [-0.25, -0.2) is 0 Å². The molecule has 0 aliphatic heterocycles. The quantitative estimate of drug-likeness (QED) is 0.189. The molecule has 5 aromatic rings. The molecule has 0 bridgehead atoms. The lowest BCUT2D eigenvalue weighted by atomic mass is 9.55. The number of fused-ring (bicyclic) bond motifs is 6. The molecule has 5 atom stereocenters. The molecule has 5 nitrogen and oxygen atoms in total. The Labute approximate surface area is 311 Å². The standard InChI is InChI=1S/C48H41N5/c1-31-36(34-20-22-35(23-21-34)52-43-16-7-4-13-40(43)41-25-32(28-49)19-24-44(41)52)14-10-15-37(31)42-26-33(29-50)27-47(2,30-51)48(42,3)53-45-17-8-5-11-38(45)39-12-6-9-18-46(39)53/h4,7-10,13-26,31,36,42H,5-6,11-12,27H2,1-3H3. The van der Waals surface area contributed by atoms with Crippen molar-refractivity contribution in [1.29, 1.82) is 15.8 Å². The summed E-state index contributed by atoms with van der Waals surface area (Å²) in [7, 11) is 0. The number of nitriles is 3. The second kappa shape index (κ2) is 12.3. The summed E-state index contributed by atoms with van der Waals surface area (Å²) in [5.41, 5.74) is 10.9. The van der Waals surface area contributed by atoms with E-state index in [0.717, 1.165) is 53.2 Å². The van der Waals surface area contributed by atoms with Gasteiger partial charge in [-0.1, -0.05) is 79.3 Å². The van der Waals surface area contributed by atoms with Crippen molar-refractivity contribution < 1.29 is 0 Å². The highest BCUT2D eigenvalue weighted by molar-refractivity contribution is 6.09. The Bertz CT molecular complexity index is 2590. The molecule has 53 heavy (non-hydrogen) atoms. The molecule has 2 aromatic heterocycles. The second-order valence-corrected chi connectivity index (χ2v) is 15.6. The Morgan fingerprint density at radius 2 is 1.49 bits per heavy atom. The molecule has 0 radical (unpaired) electrons. The number of hydrogen-bond acceptors (Lipinski definition) is 3. The minimum Gasteiger partial charge on any atom is -0.333 e. The van der Waals surface area contributed by atoms with Gasteiger partial charge in [-0.3, -0.25) is 0 Å². The molecule has 0 spiro atoms. The first kappa shape index (κ1) is 32.8. The minimum absolute atomic E-state index is 0.117. The molecule has 0 N–H and O–H groups in total. The van der Waals surface area contributed by atoms with Gasteiger partial charge in [0.05, 0.1) is 45.8 Å². The zero-order chi connectivity index (χ0) is 36.5. The van der Waals surface area contributed by atoms with Crippen LogP contribution in [0.25, 0.3) is 39.6 Å². The summed E-state index contributed by atoms with van der Waals surface area (Å²) >= 11 is 0. The van der Waals surface area contributed by atoms with Crippen LogP contribution in [0.2, 0.25) is 0 Å². The summed E-state index contributed by atoms with van der Waals surface area (Å²) in [6.07, 6.45) is 22.6. The Balaban J connectivity index is 1.14. The van der Waals surface area contributed by atoms with Crippen molar-refractivity contribution in [1.82, 2.24) is 9.13 Å². The lowest BCUT2D eigenvalue weighted by Gasteiger charge is -2.53. The molecule has 9 rings (SSSR count). The zero-order valence-corrected chi connectivity index (χ0v) is 30.5. The predicted molar refractivity (Wildman–Crippen MR) is 213 cm³/mol. The first-order valence-corrected chi connectivity index (χ1v) is 18.9. The molecule has 4 aliphatic rings.